The maximum Gasteiger partial charge on any atom is 0.225 e. The summed E-state index contributed by atoms with van der Waals surface area (Å²) in [6.45, 7) is 3.57. The van der Waals surface area contributed by atoms with Crippen molar-refractivity contribution in [3.63, 3.8) is 0 Å². The van der Waals surface area contributed by atoms with Crippen LogP contribution in [-0.4, -0.2) is 50.7 Å². The van der Waals surface area contributed by atoms with Crippen LogP contribution in [0.1, 0.15) is 11.1 Å². The fourth-order valence-electron chi connectivity index (χ4n) is 4.51. The van der Waals surface area contributed by atoms with Gasteiger partial charge in [-0.3, -0.25) is 4.98 Å². The van der Waals surface area contributed by atoms with Crippen molar-refractivity contribution < 1.29 is 0 Å². The van der Waals surface area contributed by atoms with Crippen molar-refractivity contribution in [2.75, 3.05) is 36.0 Å². The topological polar surface area (TPSA) is 62.5 Å². The van der Waals surface area contributed by atoms with Crippen LogP contribution in [-0.2, 0) is 6.42 Å². The molecule has 5 heterocycles. The van der Waals surface area contributed by atoms with Crippen LogP contribution in [0.25, 0.3) is 16.6 Å². The highest BCUT2D eigenvalue weighted by atomic mass is 15.3. The maximum atomic E-state index is 4.65. The van der Waals surface area contributed by atoms with E-state index in [2.05, 4.69) is 72.4 Å². The first-order chi connectivity index (χ1) is 16.8. The fourth-order valence-corrected chi connectivity index (χ4v) is 4.51. The first kappa shape index (κ1) is 20.4. The summed E-state index contributed by atoms with van der Waals surface area (Å²) in [6, 6.07) is 18.8. The highest BCUT2D eigenvalue weighted by Gasteiger charge is 2.21. The van der Waals surface area contributed by atoms with E-state index in [1.165, 1.54) is 11.3 Å². The van der Waals surface area contributed by atoms with Gasteiger partial charge in [-0.1, -0.05) is 36.4 Å². The summed E-state index contributed by atoms with van der Waals surface area (Å²) in [4.78, 5) is 18.1. The zero-order valence-electron chi connectivity index (χ0n) is 18.8. The number of aromatic nitrogens is 5. The Hall–Kier alpha value is -4.26. The number of nitrogens with zero attached hydrogens (tertiary/aromatic N) is 7. The van der Waals surface area contributed by atoms with E-state index >= 15 is 0 Å². The monoisotopic (exact) mass is 447 g/mol. The minimum atomic E-state index is 0.804. The van der Waals surface area contributed by atoms with Crippen LogP contribution in [0, 0.1) is 0 Å². The third-order valence-electron chi connectivity index (χ3n) is 6.36. The molecule has 0 bridgehead atoms. The molecule has 6 rings (SSSR count). The zero-order chi connectivity index (χ0) is 22.7. The molecule has 1 saturated heterocycles. The predicted octanol–water partition coefficient (Wildman–Crippen LogP) is 4.10. The van der Waals surface area contributed by atoms with Crippen LogP contribution in [0.3, 0.4) is 0 Å². The Morgan fingerprint density at radius 3 is 2.18 bits per heavy atom. The lowest BCUT2D eigenvalue weighted by atomic mass is 10.1. The Balaban J connectivity index is 1.12. The largest absolute Gasteiger partial charge is 0.365 e. The van der Waals surface area contributed by atoms with Crippen LogP contribution in [0.15, 0.2) is 91.8 Å². The Bertz CT molecular complexity index is 1370. The molecule has 7 heteroatoms. The molecule has 1 aliphatic rings. The van der Waals surface area contributed by atoms with Crippen molar-refractivity contribution in [1.82, 2.24) is 24.6 Å². The molecular weight excluding hydrogens is 422 g/mol. The summed E-state index contributed by atoms with van der Waals surface area (Å²) in [6.07, 6.45) is 12.4. The maximum absolute atomic E-state index is 4.65. The van der Waals surface area contributed by atoms with E-state index in [1.807, 2.05) is 53.7 Å². The first-order valence-corrected chi connectivity index (χ1v) is 11.6. The van der Waals surface area contributed by atoms with Crippen molar-refractivity contribution in [1.29, 1.82) is 0 Å². The summed E-state index contributed by atoms with van der Waals surface area (Å²) in [5, 5.41) is 4.62. The number of fused-ring (bicyclic) bond motifs is 1. The van der Waals surface area contributed by atoms with Gasteiger partial charge in [-0.05, 0) is 34.9 Å². The summed E-state index contributed by atoms with van der Waals surface area (Å²) in [5.41, 5.74) is 6.95. The minimum absolute atomic E-state index is 0.804. The number of rotatable bonds is 5. The van der Waals surface area contributed by atoms with Gasteiger partial charge in [0.25, 0.3) is 0 Å². The highest BCUT2D eigenvalue weighted by Crippen LogP contribution is 2.26. The molecule has 168 valence electrons. The van der Waals surface area contributed by atoms with Gasteiger partial charge >= 0.3 is 0 Å². The number of benzene rings is 1. The lowest BCUT2D eigenvalue weighted by molar-refractivity contribution is 0.641. The van der Waals surface area contributed by atoms with E-state index in [0.29, 0.717) is 0 Å². The van der Waals surface area contributed by atoms with Crippen LogP contribution in [0.5, 0.6) is 0 Å². The molecule has 1 aliphatic heterocycles. The van der Waals surface area contributed by atoms with Gasteiger partial charge in [0.15, 0.2) is 0 Å². The van der Waals surface area contributed by atoms with Crippen molar-refractivity contribution in [2.45, 2.75) is 6.42 Å². The van der Waals surface area contributed by atoms with Gasteiger partial charge in [-0.15, -0.1) is 0 Å². The normalized spacial score (nSPS) is 14.0. The second-order valence-corrected chi connectivity index (χ2v) is 8.54. The van der Waals surface area contributed by atoms with Crippen molar-refractivity contribution >= 4 is 17.2 Å². The molecule has 1 fully saturated rings. The van der Waals surface area contributed by atoms with Gasteiger partial charge in [-0.25, -0.2) is 14.5 Å². The number of pyridine rings is 2. The van der Waals surface area contributed by atoms with Crippen LogP contribution in [0.4, 0.5) is 11.6 Å². The minimum Gasteiger partial charge on any atom is -0.365 e. The Morgan fingerprint density at radius 1 is 0.676 bits per heavy atom. The van der Waals surface area contributed by atoms with E-state index in [0.717, 1.165) is 60.8 Å². The molecule has 34 heavy (non-hydrogen) atoms. The van der Waals surface area contributed by atoms with Gasteiger partial charge in [0.05, 0.1) is 17.4 Å². The molecule has 0 spiro atoms. The predicted molar refractivity (Wildman–Crippen MR) is 134 cm³/mol. The molecule has 0 unspecified atom stereocenters. The van der Waals surface area contributed by atoms with E-state index in [4.69, 9.17) is 0 Å². The van der Waals surface area contributed by atoms with Crippen molar-refractivity contribution in [2.24, 2.45) is 0 Å². The van der Waals surface area contributed by atoms with Gasteiger partial charge in [0.1, 0.15) is 0 Å². The molecular formula is C27H25N7. The van der Waals surface area contributed by atoms with Gasteiger partial charge < -0.3 is 9.80 Å². The van der Waals surface area contributed by atoms with E-state index in [1.54, 1.807) is 0 Å². The lowest BCUT2D eigenvalue weighted by Crippen LogP contribution is -2.47. The Labute approximate surface area is 198 Å². The van der Waals surface area contributed by atoms with Crippen molar-refractivity contribution in [3.05, 3.63) is 103 Å². The average molecular weight is 448 g/mol. The molecule has 0 atom stereocenters. The quantitative estimate of drug-likeness (QED) is 0.404. The van der Waals surface area contributed by atoms with Crippen LogP contribution in [0.2, 0.25) is 0 Å². The zero-order valence-corrected chi connectivity index (χ0v) is 18.8. The number of anilines is 2. The molecule has 5 aromatic rings. The third-order valence-corrected chi connectivity index (χ3v) is 6.36. The Kier molecular flexibility index (Phi) is 5.35. The lowest BCUT2D eigenvalue weighted by Gasteiger charge is -2.35. The fraction of sp³-hybridized carbons (Fsp3) is 0.185. The highest BCUT2D eigenvalue weighted by molar-refractivity contribution is 5.75. The number of piperazine rings is 1. The van der Waals surface area contributed by atoms with Crippen LogP contribution >= 0.6 is 0 Å². The SMILES string of the molecule is c1ccc(Cc2cnc(N3CCN(c4cnn5cc(-c6ccncc6)ccc45)CC3)nc2)cc1. The van der Waals surface area contributed by atoms with Crippen molar-refractivity contribution in [3.8, 4) is 11.1 Å². The molecule has 4 aromatic heterocycles. The number of hydrogen-bond acceptors (Lipinski definition) is 6. The summed E-state index contributed by atoms with van der Waals surface area (Å²) < 4.78 is 1.96. The molecule has 1 aromatic carbocycles. The first-order valence-electron chi connectivity index (χ1n) is 11.6. The molecule has 0 amide bonds. The Morgan fingerprint density at radius 2 is 1.41 bits per heavy atom. The summed E-state index contributed by atoms with van der Waals surface area (Å²) in [5.74, 6) is 0.804. The standard InChI is InChI=1S/C27H25N7/c1-2-4-21(5-3-1)16-22-17-29-27(30-18-22)33-14-12-32(13-15-33)26-19-31-34-20-24(6-7-25(26)34)23-8-10-28-11-9-23/h1-11,17-20H,12-16H2. The van der Waals surface area contributed by atoms with Gasteiger partial charge in [0, 0.05) is 69.1 Å². The third kappa shape index (κ3) is 4.08. The second-order valence-electron chi connectivity index (χ2n) is 8.54. The summed E-state index contributed by atoms with van der Waals surface area (Å²) in [7, 11) is 0. The van der Waals surface area contributed by atoms with Gasteiger partial charge in [0.2, 0.25) is 5.95 Å². The van der Waals surface area contributed by atoms with Gasteiger partial charge in [-0.2, -0.15) is 5.10 Å². The molecule has 7 nitrogen and oxygen atoms in total. The second kappa shape index (κ2) is 8.94. The molecule has 0 saturated carbocycles. The van der Waals surface area contributed by atoms with Crippen LogP contribution < -0.4 is 9.80 Å². The van der Waals surface area contributed by atoms with E-state index in [-0.39, 0.29) is 0 Å². The van der Waals surface area contributed by atoms with E-state index in [9.17, 15) is 0 Å². The molecule has 0 radical (unpaired) electrons. The van der Waals surface area contributed by atoms with E-state index < -0.39 is 0 Å². The molecule has 0 aliphatic carbocycles. The summed E-state index contributed by atoms with van der Waals surface area (Å²) >= 11 is 0. The smallest absolute Gasteiger partial charge is 0.225 e. The number of hydrogen-bond donors (Lipinski definition) is 0. The molecule has 0 N–H and O–H groups in total. The average Bonchev–Trinajstić information content (AvgIpc) is 3.34.